The normalized spacial score (nSPS) is 10.5. The highest BCUT2D eigenvalue weighted by Gasteiger charge is 2.08. The third kappa shape index (κ3) is 2.22. The van der Waals surface area contributed by atoms with Gasteiger partial charge in [0.25, 0.3) is 0 Å². The van der Waals surface area contributed by atoms with E-state index in [2.05, 4.69) is 31.7 Å². The highest BCUT2D eigenvalue weighted by Crippen LogP contribution is 2.27. The van der Waals surface area contributed by atoms with Crippen LogP contribution < -0.4 is 4.89 Å². The van der Waals surface area contributed by atoms with Crippen LogP contribution in [0.15, 0.2) is 18.2 Å². The molecule has 1 aromatic carbocycles. The van der Waals surface area contributed by atoms with Crippen LogP contribution in [0.25, 0.3) is 0 Å². The van der Waals surface area contributed by atoms with Gasteiger partial charge in [-0.25, -0.2) is 5.26 Å². The maximum absolute atomic E-state index is 8.69. The molecule has 0 spiro atoms. The quantitative estimate of drug-likeness (QED) is 0.571. The molecule has 72 valence electrons. The van der Waals surface area contributed by atoms with Crippen molar-refractivity contribution >= 4 is 0 Å². The van der Waals surface area contributed by atoms with Gasteiger partial charge in [-0.1, -0.05) is 32.9 Å². The fraction of sp³-hybridized carbons (Fsp3) is 0.455. The summed E-state index contributed by atoms with van der Waals surface area (Å²) >= 11 is 0. The second kappa shape index (κ2) is 4.28. The lowest BCUT2D eigenvalue weighted by molar-refractivity contribution is -0.138. The Morgan fingerprint density at radius 3 is 2.54 bits per heavy atom. The van der Waals surface area contributed by atoms with Crippen molar-refractivity contribution in [3.8, 4) is 5.75 Å². The van der Waals surface area contributed by atoms with Crippen LogP contribution in [0, 0.1) is 0 Å². The molecular formula is C11H16O2. The Balaban J connectivity index is 3.08. The largest absolute Gasteiger partial charge is 0.340 e. The zero-order chi connectivity index (χ0) is 9.84. The fourth-order valence-corrected chi connectivity index (χ4v) is 1.35. The lowest BCUT2D eigenvalue weighted by atomic mass is 10.00. The van der Waals surface area contributed by atoms with E-state index in [0.717, 1.165) is 12.0 Å². The van der Waals surface area contributed by atoms with Crippen molar-refractivity contribution < 1.29 is 10.1 Å². The molecule has 0 bridgehead atoms. The number of rotatable bonds is 3. The van der Waals surface area contributed by atoms with Gasteiger partial charge in [-0.15, -0.1) is 0 Å². The molecule has 0 aliphatic rings. The summed E-state index contributed by atoms with van der Waals surface area (Å²) in [6, 6.07) is 5.96. The third-order valence-electron chi connectivity index (χ3n) is 2.21. The second-order valence-corrected chi connectivity index (χ2v) is 3.47. The van der Waals surface area contributed by atoms with Crippen LogP contribution in [0.1, 0.15) is 37.8 Å². The third-order valence-corrected chi connectivity index (χ3v) is 2.21. The standard InChI is InChI=1S/C11H16O2/c1-4-9-5-6-10(8(2)3)11(7-9)13-12/h5-8,12H,4H2,1-3H3. The Kier molecular flexibility index (Phi) is 3.32. The molecule has 1 aromatic rings. The summed E-state index contributed by atoms with van der Waals surface area (Å²) in [6.07, 6.45) is 0.953. The minimum absolute atomic E-state index is 0.369. The van der Waals surface area contributed by atoms with Crippen molar-refractivity contribution in [1.29, 1.82) is 0 Å². The van der Waals surface area contributed by atoms with E-state index in [4.69, 9.17) is 5.26 Å². The first kappa shape index (κ1) is 10.1. The van der Waals surface area contributed by atoms with Gasteiger partial charge in [-0.3, -0.25) is 0 Å². The van der Waals surface area contributed by atoms with E-state index in [1.165, 1.54) is 5.56 Å². The maximum atomic E-state index is 8.69. The van der Waals surface area contributed by atoms with E-state index in [-0.39, 0.29) is 0 Å². The van der Waals surface area contributed by atoms with Gasteiger partial charge in [-0.05, 0) is 24.0 Å². The predicted molar refractivity (Wildman–Crippen MR) is 53.2 cm³/mol. The lowest BCUT2D eigenvalue weighted by Crippen LogP contribution is -1.95. The van der Waals surface area contributed by atoms with E-state index in [0.29, 0.717) is 11.7 Å². The summed E-state index contributed by atoms with van der Waals surface area (Å²) < 4.78 is 0. The molecule has 2 nitrogen and oxygen atoms in total. The average Bonchev–Trinajstić information content (AvgIpc) is 2.16. The summed E-state index contributed by atoms with van der Waals surface area (Å²) in [5.41, 5.74) is 2.22. The van der Waals surface area contributed by atoms with Crippen molar-refractivity contribution in [3.63, 3.8) is 0 Å². The summed E-state index contributed by atoms with van der Waals surface area (Å²) in [5, 5.41) is 8.69. The van der Waals surface area contributed by atoms with Crippen molar-refractivity contribution in [3.05, 3.63) is 29.3 Å². The molecule has 2 heteroatoms. The van der Waals surface area contributed by atoms with Crippen LogP contribution in [-0.2, 0) is 6.42 Å². The van der Waals surface area contributed by atoms with Gasteiger partial charge >= 0.3 is 0 Å². The lowest BCUT2D eigenvalue weighted by Gasteiger charge is -2.10. The molecule has 0 heterocycles. The summed E-state index contributed by atoms with van der Waals surface area (Å²) in [7, 11) is 0. The summed E-state index contributed by atoms with van der Waals surface area (Å²) in [5.74, 6) is 0.947. The first-order chi connectivity index (χ1) is 6.19. The number of hydrogen-bond donors (Lipinski definition) is 1. The van der Waals surface area contributed by atoms with Crippen LogP contribution in [0.4, 0.5) is 0 Å². The van der Waals surface area contributed by atoms with E-state index < -0.39 is 0 Å². The number of hydrogen-bond acceptors (Lipinski definition) is 2. The van der Waals surface area contributed by atoms with E-state index in [1.54, 1.807) is 0 Å². The Morgan fingerprint density at radius 2 is 2.08 bits per heavy atom. The minimum Gasteiger partial charge on any atom is -0.340 e. The van der Waals surface area contributed by atoms with E-state index in [1.807, 2.05) is 12.1 Å². The molecule has 13 heavy (non-hydrogen) atoms. The van der Waals surface area contributed by atoms with Crippen LogP contribution in [0.2, 0.25) is 0 Å². The number of benzene rings is 1. The van der Waals surface area contributed by atoms with Crippen LogP contribution >= 0.6 is 0 Å². The number of aryl methyl sites for hydroxylation is 1. The Labute approximate surface area is 79.1 Å². The van der Waals surface area contributed by atoms with Gasteiger partial charge in [0.1, 0.15) is 0 Å². The first-order valence-electron chi connectivity index (χ1n) is 4.63. The molecule has 0 amide bonds. The molecular weight excluding hydrogens is 164 g/mol. The Morgan fingerprint density at radius 1 is 1.38 bits per heavy atom. The van der Waals surface area contributed by atoms with E-state index in [9.17, 15) is 0 Å². The van der Waals surface area contributed by atoms with Gasteiger partial charge < -0.3 is 4.89 Å². The van der Waals surface area contributed by atoms with Gasteiger partial charge in [0.05, 0.1) is 0 Å². The Hall–Kier alpha value is -1.02. The maximum Gasteiger partial charge on any atom is 0.168 e. The minimum atomic E-state index is 0.369. The van der Waals surface area contributed by atoms with Crippen LogP contribution in [0.3, 0.4) is 0 Å². The molecule has 0 saturated carbocycles. The zero-order valence-electron chi connectivity index (χ0n) is 8.37. The average molecular weight is 180 g/mol. The Bertz CT molecular complexity index is 279. The van der Waals surface area contributed by atoms with Crippen molar-refractivity contribution in [2.75, 3.05) is 0 Å². The highest BCUT2D eigenvalue weighted by molar-refractivity contribution is 5.39. The summed E-state index contributed by atoms with van der Waals surface area (Å²) in [4.78, 5) is 4.35. The topological polar surface area (TPSA) is 29.5 Å². The smallest absolute Gasteiger partial charge is 0.168 e. The molecule has 0 aliphatic heterocycles. The predicted octanol–water partition coefficient (Wildman–Crippen LogP) is 3.22. The first-order valence-corrected chi connectivity index (χ1v) is 4.63. The molecule has 0 aromatic heterocycles. The van der Waals surface area contributed by atoms with Gasteiger partial charge in [0, 0.05) is 5.56 Å². The van der Waals surface area contributed by atoms with Crippen molar-refractivity contribution in [2.45, 2.75) is 33.1 Å². The SMILES string of the molecule is CCc1ccc(C(C)C)c(OO)c1. The van der Waals surface area contributed by atoms with Gasteiger partial charge in [0.2, 0.25) is 0 Å². The van der Waals surface area contributed by atoms with Crippen molar-refractivity contribution in [2.24, 2.45) is 0 Å². The van der Waals surface area contributed by atoms with Crippen LogP contribution in [0.5, 0.6) is 5.75 Å². The molecule has 1 rings (SSSR count). The molecule has 0 atom stereocenters. The zero-order valence-corrected chi connectivity index (χ0v) is 8.37. The molecule has 0 fully saturated rings. The molecule has 0 saturated heterocycles. The molecule has 0 aliphatic carbocycles. The fourth-order valence-electron chi connectivity index (χ4n) is 1.35. The van der Waals surface area contributed by atoms with E-state index >= 15 is 0 Å². The molecule has 0 radical (unpaired) electrons. The van der Waals surface area contributed by atoms with Crippen LogP contribution in [-0.4, -0.2) is 5.26 Å². The van der Waals surface area contributed by atoms with Gasteiger partial charge in [0.15, 0.2) is 5.75 Å². The summed E-state index contributed by atoms with van der Waals surface area (Å²) in [6.45, 7) is 6.22. The highest BCUT2D eigenvalue weighted by atomic mass is 17.1. The monoisotopic (exact) mass is 180 g/mol. The molecule has 1 N–H and O–H groups in total. The van der Waals surface area contributed by atoms with Gasteiger partial charge in [-0.2, -0.15) is 0 Å². The molecule has 0 unspecified atom stereocenters. The van der Waals surface area contributed by atoms with Crippen molar-refractivity contribution in [1.82, 2.24) is 0 Å². The second-order valence-electron chi connectivity index (χ2n) is 3.47.